The lowest BCUT2D eigenvalue weighted by Gasteiger charge is -2.13. The van der Waals surface area contributed by atoms with Gasteiger partial charge in [0.05, 0.1) is 11.8 Å². The lowest BCUT2D eigenvalue weighted by molar-refractivity contribution is 0.102. The van der Waals surface area contributed by atoms with Gasteiger partial charge in [0, 0.05) is 27.0 Å². The maximum Gasteiger partial charge on any atom is 0.259 e. The van der Waals surface area contributed by atoms with Gasteiger partial charge in [0.1, 0.15) is 12.4 Å². The quantitative estimate of drug-likeness (QED) is 0.503. The van der Waals surface area contributed by atoms with Crippen LogP contribution >= 0.6 is 23.2 Å². The molecular formula is C21H18Cl2N2O4S. The topological polar surface area (TPSA) is 84.5 Å². The van der Waals surface area contributed by atoms with Gasteiger partial charge in [-0.2, -0.15) is 0 Å². The highest BCUT2D eigenvalue weighted by Crippen LogP contribution is 2.25. The Morgan fingerprint density at radius 2 is 1.63 bits per heavy atom. The molecular weight excluding hydrogens is 447 g/mol. The SMILES string of the molecule is CS(=O)(=O)Nc1ccc(NC(=O)c2ccccc2OCc2ccc(Cl)cc2Cl)cc1. The molecule has 0 saturated heterocycles. The Labute approximate surface area is 184 Å². The van der Waals surface area contributed by atoms with Gasteiger partial charge in [-0.15, -0.1) is 0 Å². The van der Waals surface area contributed by atoms with Gasteiger partial charge in [-0.1, -0.05) is 41.4 Å². The summed E-state index contributed by atoms with van der Waals surface area (Å²) in [5.74, 6) is 0.0352. The third kappa shape index (κ3) is 6.13. The number of rotatable bonds is 7. The molecule has 3 aromatic carbocycles. The van der Waals surface area contributed by atoms with E-state index >= 15 is 0 Å². The molecule has 0 spiro atoms. The van der Waals surface area contributed by atoms with Crippen molar-refractivity contribution in [3.8, 4) is 5.75 Å². The van der Waals surface area contributed by atoms with Crippen molar-refractivity contribution in [1.29, 1.82) is 0 Å². The van der Waals surface area contributed by atoms with E-state index in [1.807, 2.05) is 0 Å². The highest BCUT2D eigenvalue weighted by Gasteiger charge is 2.13. The van der Waals surface area contributed by atoms with Gasteiger partial charge >= 0.3 is 0 Å². The molecule has 0 unspecified atom stereocenters. The van der Waals surface area contributed by atoms with Crippen molar-refractivity contribution in [1.82, 2.24) is 0 Å². The van der Waals surface area contributed by atoms with Crippen LogP contribution in [0.4, 0.5) is 11.4 Å². The Morgan fingerprint density at radius 3 is 2.30 bits per heavy atom. The Kier molecular flexibility index (Phi) is 6.87. The van der Waals surface area contributed by atoms with E-state index in [1.165, 1.54) is 0 Å². The van der Waals surface area contributed by atoms with Crippen LogP contribution in [0.25, 0.3) is 0 Å². The maximum absolute atomic E-state index is 12.7. The van der Waals surface area contributed by atoms with E-state index in [0.717, 1.165) is 11.8 Å². The molecule has 0 radical (unpaired) electrons. The first-order valence-corrected chi connectivity index (χ1v) is 11.4. The molecule has 3 aromatic rings. The fourth-order valence-electron chi connectivity index (χ4n) is 2.61. The number of hydrogen-bond donors (Lipinski definition) is 2. The van der Waals surface area contributed by atoms with Gasteiger partial charge in [0.2, 0.25) is 10.0 Å². The summed E-state index contributed by atoms with van der Waals surface area (Å²) in [6.45, 7) is 0.173. The molecule has 0 saturated carbocycles. The summed E-state index contributed by atoms with van der Waals surface area (Å²) >= 11 is 12.1. The summed E-state index contributed by atoms with van der Waals surface area (Å²) in [5.41, 5.74) is 2.00. The summed E-state index contributed by atoms with van der Waals surface area (Å²) in [5, 5.41) is 3.77. The monoisotopic (exact) mass is 464 g/mol. The van der Waals surface area contributed by atoms with Crippen molar-refractivity contribution in [3.63, 3.8) is 0 Å². The molecule has 0 bridgehead atoms. The fourth-order valence-corrected chi connectivity index (χ4v) is 3.64. The Balaban J connectivity index is 1.71. The number of nitrogens with one attached hydrogen (secondary N) is 2. The van der Waals surface area contributed by atoms with Crippen LogP contribution in [0.1, 0.15) is 15.9 Å². The van der Waals surface area contributed by atoms with E-state index in [1.54, 1.807) is 66.7 Å². The van der Waals surface area contributed by atoms with E-state index in [4.69, 9.17) is 27.9 Å². The molecule has 0 aliphatic heterocycles. The predicted octanol–water partition coefficient (Wildman–Crippen LogP) is 5.20. The van der Waals surface area contributed by atoms with Crippen LogP contribution < -0.4 is 14.8 Å². The van der Waals surface area contributed by atoms with Crippen molar-refractivity contribution in [2.24, 2.45) is 0 Å². The average molecular weight is 465 g/mol. The normalized spacial score (nSPS) is 11.0. The summed E-state index contributed by atoms with van der Waals surface area (Å²) in [7, 11) is -3.37. The van der Waals surface area contributed by atoms with Crippen LogP contribution in [0.3, 0.4) is 0 Å². The van der Waals surface area contributed by atoms with Crippen LogP contribution in [0, 0.1) is 0 Å². The number of hydrogen-bond acceptors (Lipinski definition) is 4. The molecule has 6 nitrogen and oxygen atoms in total. The minimum Gasteiger partial charge on any atom is -0.488 e. The van der Waals surface area contributed by atoms with Crippen molar-refractivity contribution in [2.75, 3.05) is 16.3 Å². The van der Waals surface area contributed by atoms with Gasteiger partial charge in [-0.05, 0) is 48.5 Å². The Hall–Kier alpha value is -2.74. The summed E-state index contributed by atoms with van der Waals surface area (Å²) in [6, 6.07) is 18.3. The van der Waals surface area contributed by atoms with E-state index in [-0.39, 0.29) is 12.5 Å². The molecule has 1 amide bonds. The van der Waals surface area contributed by atoms with Crippen molar-refractivity contribution in [3.05, 3.63) is 87.9 Å². The summed E-state index contributed by atoms with van der Waals surface area (Å²) in [6.07, 6.45) is 1.07. The fraction of sp³-hybridized carbons (Fsp3) is 0.0952. The lowest BCUT2D eigenvalue weighted by atomic mass is 10.1. The second-order valence-corrected chi connectivity index (χ2v) is 9.02. The molecule has 0 aliphatic rings. The van der Waals surface area contributed by atoms with Gasteiger partial charge in [0.25, 0.3) is 5.91 Å². The molecule has 9 heteroatoms. The number of anilines is 2. The van der Waals surface area contributed by atoms with Crippen LogP contribution in [0.5, 0.6) is 5.75 Å². The van der Waals surface area contributed by atoms with E-state index < -0.39 is 10.0 Å². The number of halogens is 2. The molecule has 0 atom stereocenters. The molecule has 0 aliphatic carbocycles. The number of ether oxygens (including phenoxy) is 1. The zero-order valence-electron chi connectivity index (χ0n) is 15.9. The second-order valence-electron chi connectivity index (χ2n) is 6.43. The molecule has 30 heavy (non-hydrogen) atoms. The number of para-hydroxylation sites is 1. The summed E-state index contributed by atoms with van der Waals surface area (Å²) < 4.78 is 30.7. The standard InChI is InChI=1S/C21H18Cl2N2O4S/c1-30(27,28)25-17-10-8-16(9-11-17)24-21(26)18-4-2-3-5-20(18)29-13-14-6-7-15(22)12-19(14)23/h2-12,25H,13H2,1H3,(H,24,26). The van der Waals surface area contributed by atoms with Crippen LogP contribution in [0.2, 0.25) is 10.0 Å². The molecule has 156 valence electrons. The number of amides is 1. The number of carbonyl (C=O) groups excluding carboxylic acids is 1. The molecule has 0 fully saturated rings. The Morgan fingerprint density at radius 1 is 0.967 bits per heavy atom. The molecule has 2 N–H and O–H groups in total. The van der Waals surface area contributed by atoms with Crippen LogP contribution in [0.15, 0.2) is 66.7 Å². The third-order valence-corrected chi connectivity index (χ3v) is 5.17. The van der Waals surface area contributed by atoms with E-state index in [0.29, 0.717) is 32.7 Å². The van der Waals surface area contributed by atoms with Gasteiger partial charge in [-0.3, -0.25) is 9.52 Å². The van der Waals surface area contributed by atoms with Gasteiger partial charge < -0.3 is 10.1 Å². The maximum atomic E-state index is 12.7. The highest BCUT2D eigenvalue weighted by molar-refractivity contribution is 7.92. The number of benzene rings is 3. The Bertz CT molecular complexity index is 1170. The summed E-state index contributed by atoms with van der Waals surface area (Å²) in [4.78, 5) is 12.7. The average Bonchev–Trinajstić information content (AvgIpc) is 2.68. The first kappa shape index (κ1) is 22.0. The minimum atomic E-state index is -3.37. The molecule has 3 rings (SSSR count). The minimum absolute atomic E-state index is 0.173. The third-order valence-electron chi connectivity index (χ3n) is 3.98. The zero-order chi connectivity index (χ0) is 21.7. The first-order valence-electron chi connectivity index (χ1n) is 8.76. The van der Waals surface area contributed by atoms with E-state index in [2.05, 4.69) is 10.0 Å². The van der Waals surface area contributed by atoms with Crippen LogP contribution in [-0.2, 0) is 16.6 Å². The second kappa shape index (κ2) is 9.38. The zero-order valence-corrected chi connectivity index (χ0v) is 18.2. The largest absolute Gasteiger partial charge is 0.488 e. The smallest absolute Gasteiger partial charge is 0.259 e. The number of sulfonamides is 1. The van der Waals surface area contributed by atoms with Crippen molar-refractivity contribution < 1.29 is 17.9 Å². The van der Waals surface area contributed by atoms with Crippen LogP contribution in [-0.4, -0.2) is 20.6 Å². The number of carbonyl (C=O) groups is 1. The predicted molar refractivity (Wildman–Crippen MR) is 120 cm³/mol. The molecule has 0 aromatic heterocycles. The van der Waals surface area contributed by atoms with Gasteiger partial charge in [0.15, 0.2) is 0 Å². The highest BCUT2D eigenvalue weighted by atomic mass is 35.5. The lowest BCUT2D eigenvalue weighted by Crippen LogP contribution is -2.14. The first-order chi connectivity index (χ1) is 14.2. The van der Waals surface area contributed by atoms with E-state index in [9.17, 15) is 13.2 Å². The molecule has 0 heterocycles. The van der Waals surface area contributed by atoms with Crippen molar-refractivity contribution >= 4 is 50.5 Å². The van der Waals surface area contributed by atoms with Crippen molar-refractivity contribution in [2.45, 2.75) is 6.61 Å². The van der Waals surface area contributed by atoms with Gasteiger partial charge in [-0.25, -0.2) is 8.42 Å².